The van der Waals surface area contributed by atoms with Gasteiger partial charge in [-0.2, -0.15) is 0 Å². The average Bonchev–Trinajstić information content (AvgIpc) is 3.06. The molecule has 1 aromatic rings. The summed E-state index contributed by atoms with van der Waals surface area (Å²) in [6.45, 7) is 0.731. The monoisotopic (exact) mass is 302 g/mol. The molecule has 2 atom stereocenters. The first-order valence-electron chi connectivity index (χ1n) is 8.41. The van der Waals surface area contributed by atoms with Gasteiger partial charge in [0.1, 0.15) is 11.8 Å². The molecule has 118 valence electrons. The second kappa shape index (κ2) is 5.45. The topological polar surface area (TPSA) is 62.6 Å². The summed E-state index contributed by atoms with van der Waals surface area (Å²) in [5.41, 5.74) is 1.11. The molecule has 2 amide bonds. The number of rotatable bonds is 3. The van der Waals surface area contributed by atoms with Gasteiger partial charge in [0.2, 0.25) is 11.8 Å². The molecule has 22 heavy (non-hydrogen) atoms. The molecule has 1 saturated heterocycles. The van der Waals surface area contributed by atoms with Gasteiger partial charge in [0, 0.05) is 24.4 Å². The lowest BCUT2D eigenvalue weighted by Crippen LogP contribution is -2.47. The van der Waals surface area contributed by atoms with E-state index in [4.69, 9.17) is 4.42 Å². The van der Waals surface area contributed by atoms with Crippen molar-refractivity contribution in [3.8, 4) is 0 Å². The minimum atomic E-state index is -0.273. The number of likely N-dealkylation sites (tertiary alicyclic amines) is 1. The number of fused-ring (bicyclic) bond motifs is 1. The van der Waals surface area contributed by atoms with Crippen LogP contribution in [0.5, 0.6) is 0 Å². The first kappa shape index (κ1) is 13.9. The van der Waals surface area contributed by atoms with Crippen molar-refractivity contribution in [2.75, 3.05) is 6.54 Å². The third-order valence-corrected chi connectivity index (χ3v) is 5.13. The Bertz CT molecular complexity index is 590. The summed E-state index contributed by atoms with van der Waals surface area (Å²) in [6.07, 6.45) is 8.32. The van der Waals surface area contributed by atoms with E-state index in [0.29, 0.717) is 0 Å². The molecule has 3 aliphatic rings. The molecular formula is C17H22N2O3. The maximum atomic E-state index is 12.7. The third-order valence-electron chi connectivity index (χ3n) is 5.13. The highest BCUT2D eigenvalue weighted by Gasteiger charge is 2.41. The van der Waals surface area contributed by atoms with E-state index in [1.807, 2.05) is 11.0 Å². The molecule has 5 heteroatoms. The fraction of sp³-hybridized carbons (Fsp3) is 0.647. The van der Waals surface area contributed by atoms with Crippen molar-refractivity contribution >= 4 is 11.8 Å². The van der Waals surface area contributed by atoms with Gasteiger partial charge in [-0.25, -0.2) is 0 Å². The zero-order valence-electron chi connectivity index (χ0n) is 12.7. The fourth-order valence-electron chi connectivity index (χ4n) is 3.77. The largest absolute Gasteiger partial charge is 0.469 e. The van der Waals surface area contributed by atoms with E-state index in [1.54, 1.807) is 6.26 Å². The Morgan fingerprint density at radius 2 is 2.05 bits per heavy atom. The van der Waals surface area contributed by atoms with Gasteiger partial charge in [0.25, 0.3) is 0 Å². The van der Waals surface area contributed by atoms with E-state index in [-0.39, 0.29) is 29.8 Å². The van der Waals surface area contributed by atoms with Crippen molar-refractivity contribution in [3.63, 3.8) is 0 Å². The van der Waals surface area contributed by atoms with Crippen LogP contribution in [-0.2, 0) is 16.0 Å². The van der Waals surface area contributed by atoms with Gasteiger partial charge in [-0.3, -0.25) is 9.59 Å². The average molecular weight is 302 g/mol. The van der Waals surface area contributed by atoms with E-state index in [9.17, 15) is 9.59 Å². The second-order valence-corrected chi connectivity index (χ2v) is 6.72. The summed E-state index contributed by atoms with van der Waals surface area (Å²) in [4.78, 5) is 26.8. The molecule has 2 aliphatic carbocycles. The number of furan rings is 1. The quantitative estimate of drug-likeness (QED) is 0.931. The van der Waals surface area contributed by atoms with Crippen LogP contribution in [0, 0.1) is 5.92 Å². The molecule has 1 N–H and O–H groups in total. The van der Waals surface area contributed by atoms with Crippen LogP contribution in [0.1, 0.15) is 55.9 Å². The SMILES string of the molecule is O=C(N[C@@H]1CCCc2occc21)[C@H]1CCCN1C(=O)C1CC1. The lowest BCUT2D eigenvalue weighted by Gasteiger charge is -2.28. The van der Waals surface area contributed by atoms with Crippen LogP contribution < -0.4 is 5.32 Å². The molecule has 2 fully saturated rings. The highest BCUT2D eigenvalue weighted by atomic mass is 16.3. The van der Waals surface area contributed by atoms with Crippen molar-refractivity contribution in [2.45, 2.75) is 57.0 Å². The van der Waals surface area contributed by atoms with Gasteiger partial charge >= 0.3 is 0 Å². The molecule has 0 unspecified atom stereocenters. The van der Waals surface area contributed by atoms with E-state index >= 15 is 0 Å². The number of carbonyl (C=O) groups is 2. The van der Waals surface area contributed by atoms with Crippen molar-refractivity contribution in [2.24, 2.45) is 5.92 Å². The predicted octanol–water partition coefficient (Wildman–Crippen LogP) is 2.17. The van der Waals surface area contributed by atoms with Gasteiger partial charge in [0.05, 0.1) is 12.3 Å². The smallest absolute Gasteiger partial charge is 0.243 e. The molecular weight excluding hydrogens is 280 g/mol. The first-order valence-corrected chi connectivity index (χ1v) is 8.41. The minimum absolute atomic E-state index is 0.00514. The van der Waals surface area contributed by atoms with Crippen LogP contribution in [-0.4, -0.2) is 29.3 Å². The Kier molecular flexibility index (Phi) is 3.43. The van der Waals surface area contributed by atoms with Gasteiger partial charge < -0.3 is 14.6 Å². The summed E-state index contributed by atoms with van der Waals surface area (Å²) in [6, 6.07) is 1.72. The van der Waals surface area contributed by atoms with Crippen molar-refractivity contribution < 1.29 is 14.0 Å². The second-order valence-electron chi connectivity index (χ2n) is 6.72. The van der Waals surface area contributed by atoms with E-state index < -0.39 is 0 Å². The molecule has 2 heterocycles. The molecule has 1 aromatic heterocycles. The zero-order valence-corrected chi connectivity index (χ0v) is 12.7. The molecule has 1 aliphatic heterocycles. The summed E-state index contributed by atoms with van der Waals surface area (Å²) in [5.74, 6) is 1.37. The first-order chi connectivity index (χ1) is 10.7. The van der Waals surface area contributed by atoms with E-state index in [1.165, 1.54) is 0 Å². The predicted molar refractivity (Wildman–Crippen MR) is 80.0 cm³/mol. The maximum absolute atomic E-state index is 12.7. The van der Waals surface area contributed by atoms with Crippen LogP contribution in [0.25, 0.3) is 0 Å². The zero-order chi connectivity index (χ0) is 15.1. The van der Waals surface area contributed by atoms with Crippen molar-refractivity contribution in [3.05, 3.63) is 23.7 Å². The van der Waals surface area contributed by atoms with Crippen LogP contribution >= 0.6 is 0 Å². The van der Waals surface area contributed by atoms with Gasteiger partial charge in [-0.15, -0.1) is 0 Å². The molecule has 4 rings (SSSR count). The van der Waals surface area contributed by atoms with Crippen LogP contribution in [0.4, 0.5) is 0 Å². The number of hydrogen-bond donors (Lipinski definition) is 1. The van der Waals surface area contributed by atoms with Crippen LogP contribution in [0.2, 0.25) is 0 Å². The number of aryl methyl sites for hydroxylation is 1. The molecule has 0 radical (unpaired) electrons. The third kappa shape index (κ3) is 2.42. The standard InChI is InChI=1S/C17H22N2O3/c20-16(14-4-2-9-19(14)17(21)11-6-7-11)18-13-3-1-5-15-12(13)8-10-22-15/h8,10-11,13-14H,1-7,9H2,(H,18,20)/t13-,14-/m1/s1. The van der Waals surface area contributed by atoms with E-state index in [2.05, 4.69) is 5.32 Å². The lowest BCUT2D eigenvalue weighted by atomic mass is 9.93. The molecule has 0 spiro atoms. The fourth-order valence-corrected chi connectivity index (χ4v) is 3.77. The number of amides is 2. The van der Waals surface area contributed by atoms with Crippen LogP contribution in [0.15, 0.2) is 16.7 Å². The van der Waals surface area contributed by atoms with Crippen LogP contribution in [0.3, 0.4) is 0 Å². The highest BCUT2D eigenvalue weighted by molar-refractivity contribution is 5.90. The summed E-state index contributed by atoms with van der Waals surface area (Å²) < 4.78 is 5.48. The summed E-state index contributed by atoms with van der Waals surface area (Å²) in [7, 11) is 0. The van der Waals surface area contributed by atoms with Crippen molar-refractivity contribution in [1.82, 2.24) is 10.2 Å². The minimum Gasteiger partial charge on any atom is -0.469 e. The Labute approximate surface area is 130 Å². The molecule has 5 nitrogen and oxygen atoms in total. The summed E-state index contributed by atoms with van der Waals surface area (Å²) >= 11 is 0. The normalized spacial score (nSPS) is 27.5. The Hall–Kier alpha value is -1.78. The Morgan fingerprint density at radius 1 is 1.18 bits per heavy atom. The maximum Gasteiger partial charge on any atom is 0.243 e. The Balaban J connectivity index is 1.45. The highest BCUT2D eigenvalue weighted by Crippen LogP contribution is 2.34. The molecule has 0 bridgehead atoms. The molecule has 0 aromatic carbocycles. The number of nitrogens with one attached hydrogen (secondary N) is 1. The number of carbonyl (C=O) groups excluding carboxylic acids is 2. The van der Waals surface area contributed by atoms with Gasteiger partial charge in [-0.1, -0.05) is 0 Å². The lowest BCUT2D eigenvalue weighted by molar-refractivity contribution is -0.139. The van der Waals surface area contributed by atoms with E-state index in [0.717, 1.165) is 62.8 Å². The Morgan fingerprint density at radius 3 is 2.86 bits per heavy atom. The summed E-state index contributed by atoms with van der Waals surface area (Å²) in [5, 5.41) is 3.15. The number of hydrogen-bond acceptors (Lipinski definition) is 3. The van der Waals surface area contributed by atoms with Crippen molar-refractivity contribution in [1.29, 1.82) is 0 Å². The van der Waals surface area contributed by atoms with Gasteiger partial charge in [0.15, 0.2) is 0 Å². The molecule has 1 saturated carbocycles. The number of nitrogens with zero attached hydrogens (tertiary/aromatic N) is 1. The van der Waals surface area contributed by atoms with Gasteiger partial charge in [-0.05, 0) is 44.6 Å².